The number of rotatable bonds is 4. The topological polar surface area (TPSA) is 13.1 Å². The highest BCUT2D eigenvalue weighted by Gasteiger charge is 2.67. The van der Waals surface area contributed by atoms with Crippen molar-refractivity contribution in [2.45, 2.75) is 4.90 Å². The predicted molar refractivity (Wildman–Crippen MR) is 211 cm³/mol. The van der Waals surface area contributed by atoms with E-state index in [9.17, 15) is 19.4 Å². The Morgan fingerprint density at radius 1 is 0.321 bits per heavy atom. The van der Waals surface area contributed by atoms with E-state index < -0.39 is 25.9 Å². The first kappa shape index (κ1) is 31.5. The van der Waals surface area contributed by atoms with Gasteiger partial charge < -0.3 is 4.42 Å². The molecule has 0 radical (unpaired) electrons. The normalized spacial score (nSPS) is 13.7. The van der Waals surface area contributed by atoms with Crippen LogP contribution >= 0.6 is 10.2 Å². The van der Waals surface area contributed by atoms with Crippen molar-refractivity contribution < 1.29 is 23.8 Å². The lowest BCUT2D eigenvalue weighted by Crippen LogP contribution is -2.08. The number of halogens is 5. The largest absolute Gasteiger partial charge is 0.456 e. The van der Waals surface area contributed by atoms with Crippen molar-refractivity contribution in [2.24, 2.45) is 0 Å². The molecule has 0 saturated heterocycles. The van der Waals surface area contributed by atoms with Gasteiger partial charge in [-0.3, -0.25) is 0 Å². The Labute approximate surface area is 300 Å². The second-order valence-electron chi connectivity index (χ2n) is 13.4. The molecule has 0 saturated carbocycles. The minimum atomic E-state index is -10.2. The molecule has 0 atom stereocenters. The number of hydrogen-bond acceptors (Lipinski definition) is 1. The first-order valence-corrected chi connectivity index (χ1v) is 19.0. The molecule has 9 aromatic carbocycles. The first-order chi connectivity index (χ1) is 25.5. The zero-order valence-corrected chi connectivity index (χ0v) is 28.6. The lowest BCUT2D eigenvalue weighted by Gasteiger charge is -2.42. The van der Waals surface area contributed by atoms with Gasteiger partial charge in [0.1, 0.15) is 16.1 Å². The number of fused-ring (bicyclic) bond motifs is 7. The Morgan fingerprint density at radius 3 is 1.06 bits per heavy atom. The molecular formula is C46H27F5OS. The molecule has 0 N–H and O–H groups in total. The molecule has 0 aliphatic rings. The quantitative estimate of drug-likeness (QED) is 0.130. The molecule has 0 unspecified atom stereocenters. The van der Waals surface area contributed by atoms with Crippen LogP contribution in [0.4, 0.5) is 19.4 Å². The van der Waals surface area contributed by atoms with Gasteiger partial charge >= 0.3 is 10.2 Å². The van der Waals surface area contributed by atoms with Gasteiger partial charge in [0.25, 0.3) is 0 Å². The molecule has 10 rings (SSSR count). The third-order valence-corrected chi connectivity index (χ3v) is 11.5. The van der Waals surface area contributed by atoms with Crippen LogP contribution in [0, 0.1) is 0 Å². The SMILES string of the molecule is FS(F)(F)(F)(F)c1c2ccccc2c(-c2cccc3oc4cccc(-c5c6ccccc6c(-c6ccccc6)c6ccccc56)c4c23)c2ccccc12. The number of furan rings is 1. The highest BCUT2D eigenvalue weighted by atomic mass is 32.5. The Morgan fingerprint density at radius 2 is 0.660 bits per heavy atom. The second kappa shape index (κ2) is 10.5. The molecule has 0 spiro atoms. The van der Waals surface area contributed by atoms with E-state index in [2.05, 4.69) is 42.5 Å². The summed E-state index contributed by atoms with van der Waals surface area (Å²) < 4.78 is 81.4. The smallest absolute Gasteiger partial charge is 0.311 e. The van der Waals surface area contributed by atoms with Gasteiger partial charge in [0.15, 0.2) is 0 Å². The van der Waals surface area contributed by atoms with Gasteiger partial charge in [-0.05, 0) is 77.8 Å². The molecule has 0 fully saturated rings. The molecule has 0 amide bonds. The fourth-order valence-corrected chi connectivity index (χ4v) is 9.60. The van der Waals surface area contributed by atoms with Crippen LogP contribution in [0.5, 0.6) is 0 Å². The maximum Gasteiger partial charge on any atom is 0.311 e. The predicted octanol–water partition coefficient (Wildman–Crippen LogP) is 15.9. The van der Waals surface area contributed by atoms with Crippen molar-refractivity contribution in [3.05, 3.63) is 164 Å². The number of benzene rings is 9. The fraction of sp³-hybridized carbons (Fsp3) is 0. The highest BCUT2D eigenvalue weighted by molar-refractivity contribution is 8.46. The maximum atomic E-state index is 15.0. The zero-order chi connectivity index (χ0) is 36.2. The first-order valence-electron chi connectivity index (χ1n) is 17.1. The molecule has 1 aromatic heterocycles. The number of hydrogen-bond donors (Lipinski definition) is 0. The minimum absolute atomic E-state index is 0.0805. The van der Waals surface area contributed by atoms with Gasteiger partial charge in [-0.15, -0.1) is 0 Å². The standard InChI is InChI=1S/C46H27F5OS/c47-53(48,49,50,51)46-35-22-10-8-20-33(35)43(34-21-9-11-23-36(34)46)38-25-13-27-40-45(38)44-37(24-12-26-39(44)52-40)42-31-18-6-4-16-29(31)41(28-14-2-1-3-15-28)30-17-5-7-19-32(30)42/h1-27H. The van der Waals surface area contributed by atoms with Crippen molar-refractivity contribution >= 4 is 75.3 Å². The van der Waals surface area contributed by atoms with Crippen LogP contribution in [0.25, 0.3) is 98.4 Å². The van der Waals surface area contributed by atoms with E-state index in [0.29, 0.717) is 27.7 Å². The van der Waals surface area contributed by atoms with Gasteiger partial charge in [-0.25, -0.2) is 0 Å². The monoisotopic (exact) mass is 722 g/mol. The van der Waals surface area contributed by atoms with Crippen LogP contribution in [-0.4, -0.2) is 0 Å². The van der Waals surface area contributed by atoms with E-state index >= 15 is 0 Å². The van der Waals surface area contributed by atoms with E-state index in [1.54, 1.807) is 18.2 Å². The summed E-state index contributed by atoms with van der Waals surface area (Å²) in [6.45, 7) is 0. The summed E-state index contributed by atoms with van der Waals surface area (Å²) in [5, 5.41) is 4.74. The molecule has 0 aliphatic heterocycles. The third kappa shape index (κ3) is 4.77. The lowest BCUT2D eigenvalue weighted by molar-refractivity contribution is 0.367. The molecule has 0 bridgehead atoms. The van der Waals surface area contributed by atoms with Crippen molar-refractivity contribution in [3.8, 4) is 33.4 Å². The fourth-order valence-electron chi connectivity index (χ4n) is 8.41. The van der Waals surface area contributed by atoms with Gasteiger partial charge in [0.05, 0.1) is 0 Å². The van der Waals surface area contributed by atoms with Crippen molar-refractivity contribution in [3.63, 3.8) is 0 Å². The van der Waals surface area contributed by atoms with Gasteiger partial charge in [0, 0.05) is 21.5 Å². The minimum Gasteiger partial charge on any atom is -0.456 e. The van der Waals surface area contributed by atoms with Crippen LogP contribution in [0.15, 0.2) is 173 Å². The van der Waals surface area contributed by atoms with E-state index in [-0.39, 0.29) is 10.8 Å². The van der Waals surface area contributed by atoms with Crippen molar-refractivity contribution in [2.75, 3.05) is 0 Å². The average molecular weight is 723 g/mol. The highest BCUT2D eigenvalue weighted by Crippen LogP contribution is 3.03. The Hall–Kier alpha value is -6.18. The molecular weight excluding hydrogens is 696 g/mol. The molecule has 53 heavy (non-hydrogen) atoms. The van der Waals surface area contributed by atoms with Crippen molar-refractivity contribution in [1.29, 1.82) is 0 Å². The van der Waals surface area contributed by atoms with Crippen LogP contribution in [0.2, 0.25) is 0 Å². The van der Waals surface area contributed by atoms with E-state index in [1.807, 2.05) is 66.7 Å². The Balaban J connectivity index is 1.38. The van der Waals surface area contributed by atoms with Crippen LogP contribution < -0.4 is 0 Å². The van der Waals surface area contributed by atoms with Gasteiger partial charge in [-0.1, -0.05) is 171 Å². The molecule has 10 aromatic rings. The zero-order valence-electron chi connectivity index (χ0n) is 27.8. The third-order valence-electron chi connectivity index (χ3n) is 10.3. The molecule has 1 heterocycles. The van der Waals surface area contributed by atoms with E-state index in [1.165, 1.54) is 24.3 Å². The van der Waals surface area contributed by atoms with E-state index in [0.717, 1.165) is 61.3 Å². The van der Waals surface area contributed by atoms with Crippen LogP contribution in [0.1, 0.15) is 0 Å². The summed E-state index contributed by atoms with van der Waals surface area (Å²) in [6, 6.07) is 49.4. The maximum absolute atomic E-state index is 15.0. The summed E-state index contributed by atoms with van der Waals surface area (Å²) in [6.07, 6.45) is 0. The van der Waals surface area contributed by atoms with Gasteiger partial charge in [0.2, 0.25) is 0 Å². The summed E-state index contributed by atoms with van der Waals surface area (Å²) in [4.78, 5) is -1.86. The molecule has 7 heteroatoms. The summed E-state index contributed by atoms with van der Waals surface area (Å²) >= 11 is 0. The molecule has 1 nitrogen and oxygen atoms in total. The van der Waals surface area contributed by atoms with Crippen molar-refractivity contribution in [1.82, 2.24) is 0 Å². The molecule has 0 aliphatic carbocycles. The Bertz CT molecular complexity index is 3040. The lowest BCUT2D eigenvalue weighted by atomic mass is 9.84. The van der Waals surface area contributed by atoms with Crippen LogP contribution in [-0.2, 0) is 0 Å². The Kier molecular flexibility index (Phi) is 6.22. The van der Waals surface area contributed by atoms with E-state index in [4.69, 9.17) is 4.42 Å². The second-order valence-corrected chi connectivity index (χ2v) is 15.8. The van der Waals surface area contributed by atoms with Gasteiger partial charge in [-0.2, -0.15) is 0 Å². The summed E-state index contributed by atoms with van der Waals surface area (Å²) in [5.41, 5.74) is 6.24. The summed E-state index contributed by atoms with van der Waals surface area (Å²) in [5.74, 6) is 0. The van der Waals surface area contributed by atoms with Crippen LogP contribution in [0.3, 0.4) is 0 Å². The summed E-state index contributed by atoms with van der Waals surface area (Å²) in [7, 11) is -10.2. The molecule has 258 valence electrons. The average Bonchev–Trinajstić information content (AvgIpc) is 3.55.